The van der Waals surface area contributed by atoms with Gasteiger partial charge in [-0.1, -0.05) is 60.7 Å². The fourth-order valence-corrected chi connectivity index (χ4v) is 7.42. The maximum absolute atomic E-state index is 14.1. The third-order valence-electron chi connectivity index (χ3n) is 3.60. The van der Waals surface area contributed by atoms with E-state index in [1.165, 1.54) is 0 Å². The fraction of sp³-hybridized carbons (Fsp3) is 0. The van der Waals surface area contributed by atoms with Gasteiger partial charge in [-0.15, -0.1) is 0 Å². The van der Waals surface area contributed by atoms with E-state index in [0.717, 1.165) is 15.9 Å². The van der Waals surface area contributed by atoms with Gasteiger partial charge in [0.05, 0.1) is 7.14 Å². The van der Waals surface area contributed by atoms with Crippen molar-refractivity contribution in [2.24, 2.45) is 0 Å². The molecule has 5 heteroatoms. The van der Waals surface area contributed by atoms with Crippen molar-refractivity contribution >= 4 is 68.2 Å². The first-order chi connectivity index (χ1) is 11.0. The highest BCUT2D eigenvalue weighted by atomic mass is 127. The van der Waals surface area contributed by atoms with E-state index < -0.39 is 7.14 Å². The number of benzene rings is 3. The third-order valence-corrected chi connectivity index (χ3v) is 8.29. The van der Waals surface area contributed by atoms with Crippen molar-refractivity contribution in [1.82, 2.24) is 0 Å². The first kappa shape index (κ1) is 17.0. The molecule has 0 atom stereocenters. The van der Waals surface area contributed by atoms with Crippen LogP contribution in [-0.2, 0) is 4.57 Å². The normalized spacial score (nSPS) is 11.4. The Labute approximate surface area is 162 Å². The summed E-state index contributed by atoms with van der Waals surface area (Å²) < 4.78 is 15.6. The quantitative estimate of drug-likeness (QED) is 0.395. The second-order valence-corrected chi connectivity index (χ2v) is 10.1. The van der Waals surface area contributed by atoms with Crippen molar-refractivity contribution in [1.29, 1.82) is 0 Å². The minimum absolute atomic E-state index is 0.239. The van der Waals surface area contributed by atoms with Crippen LogP contribution in [-0.4, -0.2) is 5.11 Å². The largest absolute Gasteiger partial charge is 0.506 e. The number of phenols is 1. The van der Waals surface area contributed by atoms with Gasteiger partial charge in [-0.3, -0.25) is 0 Å². The van der Waals surface area contributed by atoms with Gasteiger partial charge < -0.3 is 9.67 Å². The Morgan fingerprint density at radius 3 is 1.48 bits per heavy atom. The molecule has 3 aromatic carbocycles. The Morgan fingerprint density at radius 1 is 0.696 bits per heavy atom. The summed E-state index contributed by atoms with van der Waals surface area (Å²) in [7, 11) is -2.97. The number of rotatable bonds is 3. The molecule has 0 aliphatic carbocycles. The molecule has 0 saturated carbocycles. The van der Waals surface area contributed by atoms with Crippen LogP contribution in [0.15, 0.2) is 72.8 Å². The molecular weight excluding hydrogens is 533 g/mol. The highest BCUT2D eigenvalue weighted by Crippen LogP contribution is 2.43. The molecule has 0 saturated heterocycles. The molecule has 0 heterocycles. The van der Waals surface area contributed by atoms with Crippen molar-refractivity contribution in [2.45, 2.75) is 0 Å². The standard InChI is InChI=1S/C18H13I2O2P/c19-16-11-15(12-17(20)18(16)21)23(22,13-7-3-1-4-8-13)14-9-5-2-6-10-14/h1-12,21H. The van der Waals surface area contributed by atoms with Crippen LogP contribution in [0.25, 0.3) is 0 Å². The average molecular weight is 546 g/mol. The molecule has 0 radical (unpaired) electrons. The molecule has 3 rings (SSSR count). The molecule has 0 amide bonds. The van der Waals surface area contributed by atoms with Crippen LogP contribution in [0.1, 0.15) is 0 Å². The monoisotopic (exact) mass is 546 g/mol. The van der Waals surface area contributed by atoms with E-state index in [-0.39, 0.29) is 5.75 Å². The highest BCUT2D eigenvalue weighted by Gasteiger charge is 2.30. The molecule has 2 nitrogen and oxygen atoms in total. The molecule has 0 spiro atoms. The summed E-state index contributed by atoms with van der Waals surface area (Å²) in [4.78, 5) is 0. The molecule has 0 fully saturated rings. The lowest BCUT2D eigenvalue weighted by Gasteiger charge is -2.21. The van der Waals surface area contributed by atoms with Gasteiger partial charge in [0.2, 0.25) is 0 Å². The zero-order valence-electron chi connectivity index (χ0n) is 12.0. The van der Waals surface area contributed by atoms with Gasteiger partial charge in [-0.05, 0) is 57.3 Å². The fourth-order valence-electron chi connectivity index (χ4n) is 2.46. The Bertz CT molecular complexity index is 814. The molecule has 0 bridgehead atoms. The summed E-state index contributed by atoms with van der Waals surface area (Å²) in [5.74, 6) is 0.239. The van der Waals surface area contributed by atoms with Crippen LogP contribution in [0, 0.1) is 7.14 Å². The van der Waals surface area contributed by atoms with E-state index in [1.54, 1.807) is 0 Å². The molecule has 0 aromatic heterocycles. The molecule has 0 aliphatic heterocycles. The second kappa shape index (κ2) is 6.95. The first-order valence-corrected chi connectivity index (χ1v) is 10.8. The van der Waals surface area contributed by atoms with Crippen LogP contribution in [0.5, 0.6) is 5.75 Å². The lowest BCUT2D eigenvalue weighted by atomic mass is 10.3. The number of hydrogen-bond donors (Lipinski definition) is 1. The Kier molecular flexibility index (Phi) is 5.13. The number of phenolic OH excluding ortho intramolecular Hbond substituents is 1. The third kappa shape index (κ3) is 3.21. The predicted octanol–water partition coefficient (Wildman–Crippen LogP) is 4.24. The van der Waals surface area contributed by atoms with Crippen LogP contribution < -0.4 is 15.9 Å². The minimum Gasteiger partial charge on any atom is -0.506 e. The molecule has 0 aliphatic rings. The summed E-state index contributed by atoms with van der Waals surface area (Å²) >= 11 is 4.16. The lowest BCUT2D eigenvalue weighted by molar-refractivity contribution is 0.468. The minimum atomic E-state index is -2.97. The van der Waals surface area contributed by atoms with Gasteiger partial charge in [0.25, 0.3) is 0 Å². The van der Waals surface area contributed by atoms with Crippen molar-refractivity contribution in [3.8, 4) is 5.75 Å². The summed E-state index contributed by atoms with van der Waals surface area (Å²) in [6.07, 6.45) is 0. The second-order valence-electron chi connectivity index (χ2n) is 5.04. The van der Waals surface area contributed by atoms with Crippen molar-refractivity contribution < 1.29 is 9.67 Å². The van der Waals surface area contributed by atoms with Gasteiger partial charge in [0.15, 0.2) is 7.14 Å². The SMILES string of the molecule is O=P(c1ccccc1)(c1ccccc1)c1cc(I)c(O)c(I)c1. The zero-order valence-corrected chi connectivity index (χ0v) is 17.2. The number of aromatic hydroxyl groups is 1. The number of halogens is 2. The van der Waals surface area contributed by atoms with E-state index in [2.05, 4.69) is 45.2 Å². The zero-order chi connectivity index (χ0) is 16.4. The van der Waals surface area contributed by atoms with E-state index in [9.17, 15) is 9.67 Å². The highest BCUT2D eigenvalue weighted by molar-refractivity contribution is 14.1. The molecular formula is C18H13I2O2P. The Balaban J connectivity index is 2.32. The first-order valence-electron chi connectivity index (χ1n) is 6.93. The van der Waals surface area contributed by atoms with E-state index in [0.29, 0.717) is 7.14 Å². The number of hydrogen-bond acceptors (Lipinski definition) is 2. The van der Waals surface area contributed by atoms with Gasteiger partial charge in [0.1, 0.15) is 5.75 Å². The Morgan fingerprint density at radius 2 is 1.09 bits per heavy atom. The average Bonchev–Trinajstić information content (AvgIpc) is 2.60. The molecule has 1 N–H and O–H groups in total. The van der Waals surface area contributed by atoms with Gasteiger partial charge in [-0.25, -0.2) is 0 Å². The smallest absolute Gasteiger partial charge is 0.171 e. The van der Waals surface area contributed by atoms with E-state index in [4.69, 9.17) is 0 Å². The summed E-state index contributed by atoms with van der Waals surface area (Å²) in [6, 6.07) is 22.7. The van der Waals surface area contributed by atoms with Crippen LogP contribution in [0.3, 0.4) is 0 Å². The van der Waals surface area contributed by atoms with E-state index >= 15 is 0 Å². The maximum atomic E-state index is 14.1. The van der Waals surface area contributed by atoms with Crippen molar-refractivity contribution in [3.05, 3.63) is 79.9 Å². The topological polar surface area (TPSA) is 37.3 Å². The molecule has 3 aromatic rings. The lowest BCUT2D eigenvalue weighted by Crippen LogP contribution is -2.25. The maximum Gasteiger partial charge on any atom is 0.171 e. The molecule has 0 unspecified atom stereocenters. The summed E-state index contributed by atoms with van der Waals surface area (Å²) in [5.41, 5.74) is 0. The van der Waals surface area contributed by atoms with Gasteiger partial charge in [-0.2, -0.15) is 0 Å². The molecule has 116 valence electrons. The predicted molar refractivity (Wildman–Crippen MR) is 113 cm³/mol. The van der Waals surface area contributed by atoms with Crippen molar-refractivity contribution in [3.63, 3.8) is 0 Å². The molecule has 23 heavy (non-hydrogen) atoms. The summed E-state index contributed by atoms with van der Waals surface area (Å²) in [6.45, 7) is 0. The van der Waals surface area contributed by atoms with Crippen LogP contribution in [0.4, 0.5) is 0 Å². The van der Waals surface area contributed by atoms with Crippen LogP contribution >= 0.6 is 52.3 Å². The van der Waals surface area contributed by atoms with Gasteiger partial charge in [0, 0.05) is 15.9 Å². The van der Waals surface area contributed by atoms with Crippen LogP contribution in [0.2, 0.25) is 0 Å². The Hall–Kier alpha value is -0.850. The van der Waals surface area contributed by atoms with E-state index in [1.807, 2.05) is 72.8 Å². The summed E-state index contributed by atoms with van der Waals surface area (Å²) in [5, 5.41) is 12.4. The van der Waals surface area contributed by atoms with Crippen molar-refractivity contribution in [2.75, 3.05) is 0 Å². The van der Waals surface area contributed by atoms with Gasteiger partial charge >= 0.3 is 0 Å².